The zero-order chi connectivity index (χ0) is 20.3. The van der Waals surface area contributed by atoms with Crippen molar-refractivity contribution in [2.24, 2.45) is 5.92 Å². The number of benzene rings is 1. The van der Waals surface area contributed by atoms with Crippen molar-refractivity contribution in [2.45, 2.75) is 57.9 Å². The van der Waals surface area contributed by atoms with E-state index < -0.39 is 0 Å². The van der Waals surface area contributed by atoms with E-state index in [1.54, 1.807) is 17.0 Å². The fourth-order valence-corrected chi connectivity index (χ4v) is 3.46. The Morgan fingerprint density at radius 1 is 1.07 bits per heavy atom. The molecule has 6 nitrogen and oxygen atoms in total. The predicted molar refractivity (Wildman–Crippen MR) is 108 cm³/mol. The second-order valence-corrected chi connectivity index (χ2v) is 8.97. The maximum atomic E-state index is 12.5. The van der Waals surface area contributed by atoms with Crippen LogP contribution in [0.1, 0.15) is 62.4 Å². The van der Waals surface area contributed by atoms with Gasteiger partial charge in [0.1, 0.15) is 0 Å². The van der Waals surface area contributed by atoms with Gasteiger partial charge in [0.05, 0.1) is 12.5 Å². The first-order chi connectivity index (χ1) is 13.2. The molecule has 1 saturated carbocycles. The van der Waals surface area contributed by atoms with Crippen molar-refractivity contribution in [3.8, 4) is 0 Å². The summed E-state index contributed by atoms with van der Waals surface area (Å²) < 4.78 is 0. The van der Waals surface area contributed by atoms with Crippen LogP contribution in [0.5, 0.6) is 0 Å². The summed E-state index contributed by atoms with van der Waals surface area (Å²) in [6.45, 7) is 7.40. The summed E-state index contributed by atoms with van der Waals surface area (Å²) in [5.41, 5.74) is 1.73. The van der Waals surface area contributed by atoms with Crippen molar-refractivity contribution in [3.05, 3.63) is 35.4 Å². The number of carbonyl (C=O) groups is 3. The predicted octanol–water partition coefficient (Wildman–Crippen LogP) is 2.23. The summed E-state index contributed by atoms with van der Waals surface area (Å²) in [6, 6.07) is 7.82. The molecule has 0 spiro atoms. The highest BCUT2D eigenvalue weighted by atomic mass is 16.2. The number of amides is 3. The van der Waals surface area contributed by atoms with Gasteiger partial charge in [0.2, 0.25) is 11.8 Å². The Hall–Kier alpha value is -2.37. The Morgan fingerprint density at radius 3 is 2.36 bits per heavy atom. The molecular formula is C22H31N3O3. The normalized spacial score (nSPS) is 19.8. The molecule has 1 saturated heterocycles. The number of piperidine rings is 1. The van der Waals surface area contributed by atoms with E-state index in [1.165, 1.54) is 0 Å². The van der Waals surface area contributed by atoms with Gasteiger partial charge in [0.25, 0.3) is 5.91 Å². The molecule has 0 aromatic heterocycles. The third-order valence-electron chi connectivity index (χ3n) is 5.48. The van der Waals surface area contributed by atoms with Crippen LogP contribution in [-0.4, -0.2) is 48.3 Å². The van der Waals surface area contributed by atoms with Gasteiger partial charge >= 0.3 is 0 Å². The average molecular weight is 386 g/mol. The van der Waals surface area contributed by atoms with E-state index in [-0.39, 0.29) is 35.6 Å². The molecule has 3 rings (SSSR count). The second-order valence-electron chi connectivity index (χ2n) is 8.97. The fraction of sp³-hybridized carbons (Fsp3) is 0.591. The minimum atomic E-state index is -0.256. The molecule has 1 unspecified atom stereocenters. The van der Waals surface area contributed by atoms with Gasteiger partial charge in [-0.05, 0) is 48.8 Å². The Bertz CT molecular complexity index is 732. The summed E-state index contributed by atoms with van der Waals surface area (Å²) in [5.74, 6) is -0.473. The smallest absolute Gasteiger partial charge is 0.251 e. The molecule has 0 bridgehead atoms. The number of carbonyl (C=O) groups excluding carboxylic acids is 3. The third kappa shape index (κ3) is 5.33. The molecule has 1 heterocycles. The van der Waals surface area contributed by atoms with E-state index >= 15 is 0 Å². The molecule has 0 radical (unpaired) electrons. The van der Waals surface area contributed by atoms with E-state index in [1.807, 2.05) is 12.1 Å². The lowest BCUT2D eigenvalue weighted by Crippen LogP contribution is -2.48. The van der Waals surface area contributed by atoms with Gasteiger partial charge in [0, 0.05) is 24.7 Å². The molecule has 3 amide bonds. The Morgan fingerprint density at radius 2 is 1.75 bits per heavy atom. The highest BCUT2D eigenvalue weighted by Crippen LogP contribution is 2.23. The number of nitrogens with one attached hydrogen (secondary N) is 2. The maximum Gasteiger partial charge on any atom is 0.251 e. The lowest BCUT2D eigenvalue weighted by Gasteiger charge is -2.32. The van der Waals surface area contributed by atoms with Crippen molar-refractivity contribution in [2.75, 3.05) is 19.6 Å². The molecular weight excluding hydrogens is 354 g/mol. The molecule has 28 heavy (non-hydrogen) atoms. The fourth-order valence-electron chi connectivity index (χ4n) is 3.46. The lowest BCUT2D eigenvalue weighted by molar-refractivity contribution is -0.134. The molecule has 1 atom stereocenters. The summed E-state index contributed by atoms with van der Waals surface area (Å²) in [6.07, 6.45) is 3.75. The SMILES string of the molecule is CC(C)(C)c1ccc(C(=O)NCC(=O)N2CCCC(C(=O)NC3CC3)C2)cc1. The van der Waals surface area contributed by atoms with Crippen LogP contribution in [0.25, 0.3) is 0 Å². The highest BCUT2D eigenvalue weighted by molar-refractivity contribution is 5.96. The molecule has 152 valence electrons. The van der Waals surface area contributed by atoms with E-state index in [4.69, 9.17) is 0 Å². The Balaban J connectivity index is 1.48. The molecule has 1 aromatic rings. The summed E-state index contributed by atoms with van der Waals surface area (Å²) in [4.78, 5) is 38.8. The lowest BCUT2D eigenvalue weighted by atomic mass is 9.87. The summed E-state index contributed by atoms with van der Waals surface area (Å²) in [7, 11) is 0. The van der Waals surface area contributed by atoms with Gasteiger partial charge in [0.15, 0.2) is 0 Å². The molecule has 1 aliphatic heterocycles. The molecule has 2 fully saturated rings. The number of nitrogens with zero attached hydrogens (tertiary/aromatic N) is 1. The van der Waals surface area contributed by atoms with Crippen molar-refractivity contribution in [1.29, 1.82) is 0 Å². The van der Waals surface area contributed by atoms with Gasteiger partial charge in [-0.1, -0.05) is 32.9 Å². The van der Waals surface area contributed by atoms with Crippen LogP contribution < -0.4 is 10.6 Å². The first kappa shape index (κ1) is 20.4. The van der Waals surface area contributed by atoms with Gasteiger partial charge in [-0.2, -0.15) is 0 Å². The maximum absolute atomic E-state index is 12.5. The van der Waals surface area contributed by atoms with E-state index in [9.17, 15) is 14.4 Å². The van der Waals surface area contributed by atoms with Crippen molar-refractivity contribution < 1.29 is 14.4 Å². The van der Waals surface area contributed by atoms with E-state index in [0.717, 1.165) is 31.2 Å². The van der Waals surface area contributed by atoms with Gasteiger partial charge in [-0.3, -0.25) is 14.4 Å². The highest BCUT2D eigenvalue weighted by Gasteiger charge is 2.31. The van der Waals surface area contributed by atoms with Crippen molar-refractivity contribution >= 4 is 17.7 Å². The largest absolute Gasteiger partial charge is 0.353 e. The van der Waals surface area contributed by atoms with Gasteiger partial charge < -0.3 is 15.5 Å². The number of hydrogen-bond acceptors (Lipinski definition) is 3. The van der Waals surface area contributed by atoms with Crippen molar-refractivity contribution in [3.63, 3.8) is 0 Å². The zero-order valence-corrected chi connectivity index (χ0v) is 17.1. The molecule has 1 aliphatic carbocycles. The molecule has 2 N–H and O–H groups in total. The minimum absolute atomic E-state index is 0.0293. The van der Waals surface area contributed by atoms with Gasteiger partial charge in [-0.15, -0.1) is 0 Å². The van der Waals surface area contributed by atoms with E-state index in [0.29, 0.717) is 24.7 Å². The Kier molecular flexibility index (Phi) is 6.06. The van der Waals surface area contributed by atoms with Crippen LogP contribution >= 0.6 is 0 Å². The minimum Gasteiger partial charge on any atom is -0.353 e. The first-order valence-corrected chi connectivity index (χ1v) is 10.2. The van der Waals surface area contributed by atoms with Crippen LogP contribution in [0, 0.1) is 5.92 Å². The number of likely N-dealkylation sites (tertiary alicyclic amines) is 1. The van der Waals surface area contributed by atoms with Crippen LogP contribution in [-0.2, 0) is 15.0 Å². The first-order valence-electron chi connectivity index (χ1n) is 10.2. The third-order valence-corrected chi connectivity index (χ3v) is 5.48. The number of rotatable bonds is 5. The monoisotopic (exact) mass is 385 g/mol. The molecule has 1 aromatic carbocycles. The summed E-state index contributed by atoms with van der Waals surface area (Å²) in [5, 5.41) is 5.73. The van der Waals surface area contributed by atoms with Crippen LogP contribution in [0.2, 0.25) is 0 Å². The average Bonchev–Trinajstić information content (AvgIpc) is 3.49. The molecule has 6 heteroatoms. The van der Waals surface area contributed by atoms with Crippen molar-refractivity contribution in [1.82, 2.24) is 15.5 Å². The second kappa shape index (κ2) is 8.33. The van der Waals surface area contributed by atoms with Crippen LogP contribution in [0.15, 0.2) is 24.3 Å². The Labute approximate surface area is 167 Å². The molecule has 2 aliphatic rings. The topological polar surface area (TPSA) is 78.5 Å². The van der Waals surface area contributed by atoms with Gasteiger partial charge in [-0.25, -0.2) is 0 Å². The summed E-state index contributed by atoms with van der Waals surface area (Å²) >= 11 is 0. The standard InChI is InChI=1S/C22H31N3O3/c1-22(2,3)17-8-6-15(7-9-17)20(27)23-13-19(26)25-12-4-5-16(14-25)21(28)24-18-10-11-18/h6-9,16,18H,4-5,10-14H2,1-3H3,(H,23,27)(H,24,28). The number of hydrogen-bond donors (Lipinski definition) is 2. The van der Waals surface area contributed by atoms with Crippen LogP contribution in [0.3, 0.4) is 0 Å². The quantitative estimate of drug-likeness (QED) is 0.816. The van der Waals surface area contributed by atoms with E-state index in [2.05, 4.69) is 31.4 Å². The van der Waals surface area contributed by atoms with Crippen LogP contribution in [0.4, 0.5) is 0 Å². The zero-order valence-electron chi connectivity index (χ0n) is 17.1.